The molecular weight excluding hydrogens is 358 g/mol. The van der Waals surface area contributed by atoms with E-state index in [1.807, 2.05) is 54.6 Å². The van der Waals surface area contributed by atoms with Gasteiger partial charge in [0.1, 0.15) is 0 Å². The fourth-order valence-electron chi connectivity index (χ4n) is 3.91. The molecule has 0 spiro atoms. The van der Waals surface area contributed by atoms with Crippen molar-refractivity contribution in [2.45, 2.75) is 31.7 Å². The van der Waals surface area contributed by atoms with Gasteiger partial charge in [-0.25, -0.2) is 5.01 Å². The molecule has 0 bridgehead atoms. The molecule has 2 aliphatic heterocycles. The Labute approximate surface area is 165 Å². The van der Waals surface area contributed by atoms with Crippen molar-refractivity contribution in [1.29, 1.82) is 0 Å². The second-order valence-electron chi connectivity index (χ2n) is 7.23. The first-order valence-electron chi connectivity index (χ1n) is 9.64. The van der Waals surface area contributed by atoms with Crippen molar-refractivity contribution in [2.75, 3.05) is 19.6 Å². The highest BCUT2D eigenvalue weighted by atomic mass is 35.5. The number of carbonyl (C=O) groups excluding carboxylic acids is 1. The van der Waals surface area contributed by atoms with Gasteiger partial charge >= 0.3 is 0 Å². The molecule has 1 amide bonds. The maximum atomic E-state index is 13.1. The highest BCUT2D eigenvalue weighted by Gasteiger charge is 2.34. The SMILES string of the molecule is O=C(CN1CCCCC1)N1N=C(c2ccccc2)CC1c1ccccc1Cl. The molecule has 1 unspecified atom stereocenters. The van der Waals surface area contributed by atoms with Crippen molar-refractivity contribution in [1.82, 2.24) is 9.91 Å². The second kappa shape index (κ2) is 8.24. The summed E-state index contributed by atoms with van der Waals surface area (Å²) in [5.41, 5.74) is 2.95. The first-order valence-corrected chi connectivity index (χ1v) is 10.0. The molecule has 0 radical (unpaired) electrons. The van der Waals surface area contributed by atoms with Gasteiger partial charge in [0, 0.05) is 11.4 Å². The lowest BCUT2D eigenvalue weighted by atomic mass is 9.98. The Hall–Kier alpha value is -2.17. The smallest absolute Gasteiger partial charge is 0.257 e. The van der Waals surface area contributed by atoms with Gasteiger partial charge in [-0.05, 0) is 43.1 Å². The normalized spacial score (nSPS) is 20.6. The summed E-state index contributed by atoms with van der Waals surface area (Å²) in [6.45, 7) is 2.41. The molecule has 0 aromatic heterocycles. The van der Waals surface area contributed by atoms with Gasteiger partial charge in [0.05, 0.1) is 18.3 Å². The van der Waals surface area contributed by atoms with Crippen LogP contribution in [0.4, 0.5) is 0 Å². The van der Waals surface area contributed by atoms with Crippen LogP contribution in [0.1, 0.15) is 42.9 Å². The zero-order chi connectivity index (χ0) is 18.6. The number of halogens is 1. The number of hydrazone groups is 1. The number of nitrogens with zero attached hydrogens (tertiary/aromatic N) is 3. The minimum Gasteiger partial charge on any atom is -0.294 e. The van der Waals surface area contributed by atoms with Crippen LogP contribution in [-0.4, -0.2) is 41.2 Å². The minimum atomic E-state index is -0.147. The fraction of sp³-hybridized carbons (Fsp3) is 0.364. The topological polar surface area (TPSA) is 35.9 Å². The third-order valence-corrected chi connectivity index (χ3v) is 5.69. The molecule has 2 aromatic rings. The van der Waals surface area contributed by atoms with E-state index in [0.717, 1.165) is 29.9 Å². The number of benzene rings is 2. The molecule has 4 nitrogen and oxygen atoms in total. The van der Waals surface area contributed by atoms with Gasteiger partial charge < -0.3 is 0 Å². The first-order chi connectivity index (χ1) is 13.2. The number of hydrogen-bond acceptors (Lipinski definition) is 3. The highest BCUT2D eigenvalue weighted by molar-refractivity contribution is 6.31. The zero-order valence-corrected chi connectivity index (χ0v) is 16.1. The lowest BCUT2D eigenvalue weighted by Gasteiger charge is -2.29. The van der Waals surface area contributed by atoms with Crippen LogP contribution in [0, 0.1) is 0 Å². The maximum absolute atomic E-state index is 13.1. The largest absolute Gasteiger partial charge is 0.294 e. The van der Waals surface area contributed by atoms with Crippen molar-refractivity contribution < 1.29 is 4.79 Å². The van der Waals surface area contributed by atoms with Crippen molar-refractivity contribution in [2.24, 2.45) is 5.10 Å². The Morgan fingerprint density at radius 3 is 2.44 bits per heavy atom. The van der Waals surface area contributed by atoms with Crippen LogP contribution in [0.15, 0.2) is 59.7 Å². The Morgan fingerprint density at radius 1 is 1.00 bits per heavy atom. The van der Waals surface area contributed by atoms with Crippen LogP contribution >= 0.6 is 11.6 Å². The monoisotopic (exact) mass is 381 g/mol. The Morgan fingerprint density at radius 2 is 1.70 bits per heavy atom. The van der Waals surface area contributed by atoms with Crippen molar-refractivity contribution in [3.05, 3.63) is 70.7 Å². The number of amides is 1. The van der Waals surface area contributed by atoms with Crippen molar-refractivity contribution >= 4 is 23.2 Å². The van der Waals surface area contributed by atoms with Gasteiger partial charge in [-0.15, -0.1) is 0 Å². The number of hydrogen-bond donors (Lipinski definition) is 0. The van der Waals surface area contributed by atoms with E-state index >= 15 is 0 Å². The quantitative estimate of drug-likeness (QED) is 0.781. The minimum absolute atomic E-state index is 0.0488. The highest BCUT2D eigenvalue weighted by Crippen LogP contribution is 2.36. The summed E-state index contributed by atoms with van der Waals surface area (Å²) in [6.07, 6.45) is 4.27. The van der Waals surface area contributed by atoms with Crippen LogP contribution in [0.3, 0.4) is 0 Å². The summed E-state index contributed by atoms with van der Waals surface area (Å²) in [4.78, 5) is 15.4. The molecule has 0 saturated carbocycles. The van der Waals surface area contributed by atoms with Gasteiger partial charge in [-0.2, -0.15) is 5.10 Å². The molecule has 2 heterocycles. The van der Waals surface area contributed by atoms with Gasteiger partial charge in [0.15, 0.2) is 0 Å². The Balaban J connectivity index is 1.61. The zero-order valence-electron chi connectivity index (χ0n) is 15.4. The van der Waals surface area contributed by atoms with E-state index in [2.05, 4.69) is 4.90 Å². The van der Waals surface area contributed by atoms with E-state index in [9.17, 15) is 4.79 Å². The molecular formula is C22H24ClN3O. The summed E-state index contributed by atoms with van der Waals surface area (Å²) in [5, 5.41) is 7.09. The van der Waals surface area contributed by atoms with Gasteiger partial charge in [0.25, 0.3) is 5.91 Å². The summed E-state index contributed by atoms with van der Waals surface area (Å²) in [7, 11) is 0. The van der Waals surface area contributed by atoms with E-state index in [0.29, 0.717) is 18.0 Å². The predicted molar refractivity (Wildman–Crippen MR) is 109 cm³/mol. The first kappa shape index (κ1) is 18.2. The third kappa shape index (κ3) is 4.07. The molecule has 0 aliphatic carbocycles. The van der Waals surface area contributed by atoms with E-state index < -0.39 is 0 Å². The average Bonchev–Trinajstić information content (AvgIpc) is 3.15. The van der Waals surface area contributed by atoms with Crippen LogP contribution in [-0.2, 0) is 4.79 Å². The molecule has 4 rings (SSSR count). The van der Waals surface area contributed by atoms with E-state index in [1.54, 1.807) is 5.01 Å². The van der Waals surface area contributed by atoms with Gasteiger partial charge in [-0.3, -0.25) is 9.69 Å². The predicted octanol–water partition coefficient (Wildman–Crippen LogP) is 4.50. The molecule has 1 fully saturated rings. The Bertz CT molecular complexity index is 830. The molecule has 5 heteroatoms. The molecule has 1 atom stereocenters. The van der Waals surface area contributed by atoms with Crippen LogP contribution in [0.5, 0.6) is 0 Å². The fourth-order valence-corrected chi connectivity index (χ4v) is 4.18. The van der Waals surface area contributed by atoms with Crippen LogP contribution in [0.2, 0.25) is 5.02 Å². The lowest BCUT2D eigenvalue weighted by Crippen LogP contribution is -2.40. The van der Waals surface area contributed by atoms with Gasteiger partial charge in [0.2, 0.25) is 0 Å². The summed E-state index contributed by atoms with van der Waals surface area (Å²) in [5.74, 6) is 0.0488. The molecule has 0 N–H and O–H groups in total. The lowest BCUT2D eigenvalue weighted by molar-refractivity contribution is -0.134. The van der Waals surface area contributed by atoms with Crippen LogP contribution in [0.25, 0.3) is 0 Å². The maximum Gasteiger partial charge on any atom is 0.257 e. The molecule has 27 heavy (non-hydrogen) atoms. The number of rotatable bonds is 4. The van der Waals surface area contributed by atoms with E-state index in [-0.39, 0.29) is 11.9 Å². The van der Waals surface area contributed by atoms with E-state index in [1.165, 1.54) is 19.3 Å². The van der Waals surface area contributed by atoms with Gasteiger partial charge in [-0.1, -0.05) is 66.6 Å². The molecule has 140 valence electrons. The molecule has 2 aromatic carbocycles. The summed E-state index contributed by atoms with van der Waals surface area (Å²) < 4.78 is 0. The molecule has 2 aliphatic rings. The number of piperidine rings is 1. The number of carbonyl (C=O) groups is 1. The van der Waals surface area contributed by atoms with Crippen molar-refractivity contribution in [3.63, 3.8) is 0 Å². The van der Waals surface area contributed by atoms with E-state index in [4.69, 9.17) is 16.7 Å². The summed E-state index contributed by atoms with van der Waals surface area (Å²) in [6, 6.07) is 17.7. The average molecular weight is 382 g/mol. The third-order valence-electron chi connectivity index (χ3n) is 5.34. The molecule has 1 saturated heterocycles. The number of likely N-dealkylation sites (tertiary alicyclic amines) is 1. The standard InChI is InChI=1S/C22H24ClN3O/c23-19-12-6-5-11-18(19)21-15-20(17-9-3-1-4-10-17)24-26(21)22(27)16-25-13-7-2-8-14-25/h1,3-6,9-12,21H,2,7-8,13-16H2. The Kier molecular flexibility index (Phi) is 5.55. The van der Waals surface area contributed by atoms with Crippen LogP contribution < -0.4 is 0 Å². The summed E-state index contributed by atoms with van der Waals surface area (Å²) >= 11 is 6.46. The van der Waals surface area contributed by atoms with Crippen molar-refractivity contribution in [3.8, 4) is 0 Å². The second-order valence-corrected chi connectivity index (χ2v) is 7.64.